The molecule has 0 nitrogen and oxygen atoms in total. The number of hydrogen-bond donors (Lipinski definition) is 0. The summed E-state index contributed by atoms with van der Waals surface area (Å²) in [4.78, 5) is 0. The van der Waals surface area contributed by atoms with E-state index >= 15 is 0 Å². The summed E-state index contributed by atoms with van der Waals surface area (Å²) in [6.45, 7) is 4.62. The van der Waals surface area contributed by atoms with Crippen molar-refractivity contribution in [1.29, 1.82) is 0 Å². The first-order valence-corrected chi connectivity index (χ1v) is 12.6. The van der Waals surface area contributed by atoms with Gasteiger partial charge in [0.2, 0.25) is 0 Å². The number of hydrogen-bond acceptors (Lipinski definition) is 0. The van der Waals surface area contributed by atoms with E-state index in [0.717, 1.165) is 17.8 Å². The van der Waals surface area contributed by atoms with Crippen molar-refractivity contribution in [2.45, 2.75) is 116 Å². The van der Waals surface area contributed by atoms with E-state index in [4.69, 9.17) is 0 Å². The zero-order valence-electron chi connectivity index (χ0n) is 18.7. The molecular formula is C28H44. The molecule has 1 aromatic carbocycles. The quantitative estimate of drug-likeness (QED) is 0.355. The highest BCUT2D eigenvalue weighted by atomic mass is 14.3. The molecule has 0 bridgehead atoms. The maximum Gasteiger partial charge on any atom is -0.0162 e. The van der Waals surface area contributed by atoms with Gasteiger partial charge in [-0.1, -0.05) is 95.6 Å². The second-order valence-corrected chi connectivity index (χ2v) is 9.70. The van der Waals surface area contributed by atoms with Gasteiger partial charge in [-0.3, -0.25) is 0 Å². The molecule has 156 valence electrons. The third-order valence-electron chi connectivity index (χ3n) is 7.55. The minimum absolute atomic E-state index is 0.819. The highest BCUT2D eigenvalue weighted by Crippen LogP contribution is 2.39. The first-order chi connectivity index (χ1) is 13.8. The lowest BCUT2D eigenvalue weighted by molar-refractivity contribution is 0.302. The summed E-state index contributed by atoms with van der Waals surface area (Å²) in [6.07, 6.45) is 23.7. The van der Waals surface area contributed by atoms with Crippen LogP contribution in [0.3, 0.4) is 0 Å². The Morgan fingerprint density at radius 2 is 1.43 bits per heavy atom. The molecule has 0 aliphatic heterocycles. The van der Waals surface area contributed by atoms with Crippen LogP contribution in [0.5, 0.6) is 0 Å². The molecule has 0 heteroatoms. The minimum atomic E-state index is 0.819. The van der Waals surface area contributed by atoms with E-state index in [2.05, 4.69) is 44.2 Å². The fourth-order valence-corrected chi connectivity index (χ4v) is 5.52. The summed E-state index contributed by atoms with van der Waals surface area (Å²) in [5, 5.41) is 0. The van der Waals surface area contributed by atoms with Gasteiger partial charge in [-0.05, 0) is 79.4 Å². The fourth-order valence-electron chi connectivity index (χ4n) is 5.52. The molecule has 0 saturated heterocycles. The highest BCUT2D eigenvalue weighted by molar-refractivity contribution is 5.66. The topological polar surface area (TPSA) is 0 Å². The summed E-state index contributed by atoms with van der Waals surface area (Å²) < 4.78 is 0. The zero-order chi connectivity index (χ0) is 19.6. The van der Waals surface area contributed by atoms with Crippen LogP contribution >= 0.6 is 0 Å². The summed E-state index contributed by atoms with van der Waals surface area (Å²) in [5.41, 5.74) is 4.70. The van der Waals surface area contributed by atoms with Crippen LogP contribution in [0, 0.1) is 11.8 Å². The first-order valence-electron chi connectivity index (χ1n) is 12.6. The molecule has 2 aliphatic carbocycles. The molecule has 2 aliphatic rings. The van der Waals surface area contributed by atoms with E-state index in [1.165, 1.54) is 102 Å². The predicted octanol–water partition coefficient (Wildman–Crippen LogP) is 9.30. The van der Waals surface area contributed by atoms with E-state index in [9.17, 15) is 0 Å². The average molecular weight is 381 g/mol. The molecule has 0 N–H and O–H groups in total. The summed E-state index contributed by atoms with van der Waals surface area (Å²) in [7, 11) is 0. The molecule has 28 heavy (non-hydrogen) atoms. The van der Waals surface area contributed by atoms with Gasteiger partial charge in [-0.2, -0.15) is 0 Å². The second-order valence-electron chi connectivity index (χ2n) is 9.70. The summed E-state index contributed by atoms with van der Waals surface area (Å²) >= 11 is 0. The van der Waals surface area contributed by atoms with Gasteiger partial charge < -0.3 is 0 Å². The van der Waals surface area contributed by atoms with E-state index in [1.54, 1.807) is 11.1 Å². The van der Waals surface area contributed by atoms with Crippen LogP contribution in [0.25, 0.3) is 5.57 Å². The molecule has 3 rings (SSSR count). The Kier molecular flexibility index (Phi) is 9.16. The third-order valence-corrected chi connectivity index (χ3v) is 7.55. The molecule has 1 unspecified atom stereocenters. The Morgan fingerprint density at radius 1 is 0.714 bits per heavy atom. The SMILES string of the molecule is CCCCCCC1CCC(c2ccc(C3=CCC(CCCC)CC3)cc2)CC1. The van der Waals surface area contributed by atoms with Gasteiger partial charge in [-0.15, -0.1) is 0 Å². The van der Waals surface area contributed by atoms with Crippen molar-refractivity contribution in [3.8, 4) is 0 Å². The number of unbranched alkanes of at least 4 members (excludes halogenated alkanes) is 4. The third kappa shape index (κ3) is 6.50. The van der Waals surface area contributed by atoms with Crippen molar-refractivity contribution in [1.82, 2.24) is 0 Å². The minimum Gasteiger partial charge on any atom is -0.0804 e. The Bertz CT molecular complexity index is 571. The number of benzene rings is 1. The van der Waals surface area contributed by atoms with Crippen LogP contribution in [-0.2, 0) is 0 Å². The molecule has 0 radical (unpaired) electrons. The predicted molar refractivity (Wildman–Crippen MR) is 125 cm³/mol. The smallest absolute Gasteiger partial charge is 0.0162 e. The number of rotatable bonds is 10. The van der Waals surface area contributed by atoms with Crippen LogP contribution in [0.1, 0.15) is 127 Å². The van der Waals surface area contributed by atoms with Crippen LogP contribution in [-0.4, -0.2) is 0 Å². The molecule has 0 spiro atoms. The normalized spacial score (nSPS) is 25.5. The van der Waals surface area contributed by atoms with Crippen LogP contribution in [0.2, 0.25) is 0 Å². The van der Waals surface area contributed by atoms with Gasteiger partial charge in [0.05, 0.1) is 0 Å². The molecule has 1 aromatic rings. The van der Waals surface area contributed by atoms with Crippen LogP contribution < -0.4 is 0 Å². The first kappa shape index (κ1) is 21.7. The lowest BCUT2D eigenvalue weighted by Gasteiger charge is -2.29. The largest absolute Gasteiger partial charge is 0.0804 e. The Balaban J connectivity index is 1.44. The van der Waals surface area contributed by atoms with Gasteiger partial charge in [0.15, 0.2) is 0 Å². The van der Waals surface area contributed by atoms with Crippen molar-refractivity contribution in [3.63, 3.8) is 0 Å². The van der Waals surface area contributed by atoms with Gasteiger partial charge >= 0.3 is 0 Å². The monoisotopic (exact) mass is 380 g/mol. The van der Waals surface area contributed by atoms with Crippen molar-refractivity contribution in [3.05, 3.63) is 41.5 Å². The zero-order valence-corrected chi connectivity index (χ0v) is 18.7. The van der Waals surface area contributed by atoms with Crippen LogP contribution in [0.4, 0.5) is 0 Å². The lowest BCUT2D eigenvalue weighted by Crippen LogP contribution is -2.13. The maximum atomic E-state index is 2.54. The van der Waals surface area contributed by atoms with Crippen molar-refractivity contribution in [2.75, 3.05) is 0 Å². The van der Waals surface area contributed by atoms with E-state index in [0.29, 0.717) is 0 Å². The highest BCUT2D eigenvalue weighted by Gasteiger charge is 2.22. The molecular weight excluding hydrogens is 336 g/mol. The van der Waals surface area contributed by atoms with Crippen molar-refractivity contribution in [2.24, 2.45) is 11.8 Å². The molecule has 0 heterocycles. The average Bonchev–Trinajstić information content (AvgIpc) is 2.76. The van der Waals surface area contributed by atoms with Crippen molar-refractivity contribution >= 4 is 5.57 Å². The Hall–Kier alpha value is -1.04. The standard InChI is InChI=1S/C28H44/c1-3-5-7-8-10-24-13-17-26(18-14-24)28-21-19-27(20-22-28)25-15-11-23(12-16-25)9-6-4-2/h15,19-24,26H,3-14,16-18H2,1-2H3. The number of allylic oxidation sites excluding steroid dienone is 2. The molecule has 1 atom stereocenters. The van der Waals surface area contributed by atoms with Gasteiger partial charge in [0.25, 0.3) is 0 Å². The van der Waals surface area contributed by atoms with E-state index in [-0.39, 0.29) is 0 Å². The molecule has 1 fully saturated rings. The van der Waals surface area contributed by atoms with E-state index < -0.39 is 0 Å². The Morgan fingerprint density at radius 3 is 2.07 bits per heavy atom. The summed E-state index contributed by atoms with van der Waals surface area (Å²) in [5.74, 6) is 2.78. The van der Waals surface area contributed by atoms with E-state index in [1.807, 2.05) is 0 Å². The fraction of sp³-hybridized carbons (Fsp3) is 0.714. The lowest BCUT2D eigenvalue weighted by atomic mass is 9.76. The van der Waals surface area contributed by atoms with Crippen molar-refractivity contribution < 1.29 is 0 Å². The van der Waals surface area contributed by atoms with Crippen LogP contribution in [0.15, 0.2) is 30.3 Å². The molecule has 0 amide bonds. The molecule has 0 aromatic heterocycles. The maximum absolute atomic E-state index is 2.54. The summed E-state index contributed by atoms with van der Waals surface area (Å²) in [6, 6.07) is 9.74. The second kappa shape index (κ2) is 11.8. The van der Waals surface area contributed by atoms with Gasteiger partial charge in [0, 0.05) is 0 Å². The molecule has 1 saturated carbocycles. The van der Waals surface area contributed by atoms with Gasteiger partial charge in [0.1, 0.15) is 0 Å². The Labute approximate surface area is 175 Å². The van der Waals surface area contributed by atoms with Gasteiger partial charge in [-0.25, -0.2) is 0 Å².